The lowest BCUT2D eigenvalue weighted by Crippen LogP contribution is -2.16. The Kier molecular flexibility index (Phi) is 4.33. The highest BCUT2D eigenvalue weighted by Gasteiger charge is 2.01. The Morgan fingerprint density at radius 1 is 1.31 bits per heavy atom. The summed E-state index contributed by atoms with van der Waals surface area (Å²) < 4.78 is 10.7. The molecule has 0 aliphatic heterocycles. The van der Waals surface area contributed by atoms with E-state index in [1.54, 1.807) is 6.61 Å². The van der Waals surface area contributed by atoms with Crippen molar-refractivity contribution >= 4 is 0 Å². The van der Waals surface area contributed by atoms with Gasteiger partial charge in [-0.25, -0.2) is 0 Å². The van der Waals surface area contributed by atoms with Crippen LogP contribution in [0.4, 0.5) is 0 Å². The molecule has 0 aliphatic carbocycles. The number of ether oxygens (including phenoxy) is 2. The number of hydrogen-bond donors (Lipinski definition) is 0. The molecule has 0 heterocycles. The zero-order valence-corrected chi connectivity index (χ0v) is 8.07. The molecule has 0 fully saturated rings. The topological polar surface area (TPSA) is 18.5 Å². The molecule has 2 nitrogen and oxygen atoms in total. The van der Waals surface area contributed by atoms with Gasteiger partial charge in [-0.05, 0) is 26.0 Å². The smallest absolute Gasteiger partial charge is 0.119 e. The van der Waals surface area contributed by atoms with E-state index in [4.69, 9.17) is 9.47 Å². The normalized spacial score (nSPS) is 12.5. The number of hydrogen-bond acceptors (Lipinski definition) is 2. The van der Waals surface area contributed by atoms with Gasteiger partial charge in [0, 0.05) is 0 Å². The van der Waals surface area contributed by atoms with Gasteiger partial charge < -0.3 is 9.47 Å². The van der Waals surface area contributed by atoms with Crippen molar-refractivity contribution in [2.75, 3.05) is 6.61 Å². The SMILES string of the molecule is C[CH]OC(C)COc1ccccc1. The molecule has 0 N–H and O–H groups in total. The molecule has 0 aromatic heterocycles. The van der Waals surface area contributed by atoms with Crippen LogP contribution in [-0.4, -0.2) is 12.7 Å². The first-order valence-electron chi connectivity index (χ1n) is 4.44. The van der Waals surface area contributed by atoms with Gasteiger partial charge in [-0.2, -0.15) is 0 Å². The molecule has 0 spiro atoms. The van der Waals surface area contributed by atoms with Crippen LogP contribution in [0, 0.1) is 6.61 Å². The molecule has 0 saturated heterocycles. The molecular formula is C11H15O2. The van der Waals surface area contributed by atoms with E-state index < -0.39 is 0 Å². The molecule has 0 bridgehead atoms. The first kappa shape index (κ1) is 10.1. The minimum Gasteiger partial charge on any atom is -0.491 e. The minimum absolute atomic E-state index is 0.102. The van der Waals surface area contributed by atoms with Gasteiger partial charge in [-0.1, -0.05) is 18.2 Å². The summed E-state index contributed by atoms with van der Waals surface area (Å²) in [6.07, 6.45) is 0.102. The second-order valence-electron chi connectivity index (χ2n) is 2.81. The maximum Gasteiger partial charge on any atom is 0.119 e. The Bertz CT molecular complexity index is 221. The third-order valence-corrected chi connectivity index (χ3v) is 1.60. The monoisotopic (exact) mass is 179 g/mol. The first-order chi connectivity index (χ1) is 6.33. The Hall–Kier alpha value is -1.02. The third-order valence-electron chi connectivity index (χ3n) is 1.60. The summed E-state index contributed by atoms with van der Waals surface area (Å²) in [5.74, 6) is 0.883. The zero-order chi connectivity index (χ0) is 9.52. The van der Waals surface area contributed by atoms with Crippen LogP contribution < -0.4 is 4.74 Å². The quantitative estimate of drug-likeness (QED) is 0.691. The van der Waals surface area contributed by atoms with Crippen LogP contribution in [0.1, 0.15) is 13.8 Å². The highest BCUT2D eigenvalue weighted by molar-refractivity contribution is 5.20. The van der Waals surface area contributed by atoms with Crippen LogP contribution in [0.3, 0.4) is 0 Å². The van der Waals surface area contributed by atoms with Gasteiger partial charge in [0.05, 0.1) is 12.7 Å². The van der Waals surface area contributed by atoms with Crippen LogP contribution in [0.5, 0.6) is 5.75 Å². The van der Waals surface area contributed by atoms with E-state index in [0.29, 0.717) is 6.61 Å². The second kappa shape index (κ2) is 5.60. The van der Waals surface area contributed by atoms with E-state index in [-0.39, 0.29) is 6.10 Å². The lowest BCUT2D eigenvalue weighted by Gasteiger charge is -2.12. The highest BCUT2D eigenvalue weighted by atomic mass is 16.5. The Morgan fingerprint density at radius 2 is 2.00 bits per heavy atom. The van der Waals surface area contributed by atoms with Gasteiger partial charge in [-0.15, -0.1) is 0 Å². The van der Waals surface area contributed by atoms with Crippen molar-refractivity contribution in [3.63, 3.8) is 0 Å². The van der Waals surface area contributed by atoms with Crippen LogP contribution in [0.2, 0.25) is 0 Å². The van der Waals surface area contributed by atoms with E-state index in [1.807, 2.05) is 44.2 Å². The van der Waals surface area contributed by atoms with Crippen LogP contribution in [0.15, 0.2) is 30.3 Å². The molecule has 2 heteroatoms. The van der Waals surface area contributed by atoms with Crippen molar-refractivity contribution in [2.24, 2.45) is 0 Å². The maximum absolute atomic E-state index is 5.48. The fraction of sp³-hybridized carbons (Fsp3) is 0.364. The average Bonchev–Trinajstić information content (AvgIpc) is 2.17. The summed E-state index contributed by atoms with van der Waals surface area (Å²) in [5.41, 5.74) is 0. The van der Waals surface area contributed by atoms with Crippen molar-refractivity contribution < 1.29 is 9.47 Å². The molecule has 1 aromatic carbocycles. The number of para-hydroxylation sites is 1. The lowest BCUT2D eigenvalue weighted by molar-refractivity contribution is 0.0766. The van der Waals surface area contributed by atoms with Gasteiger partial charge >= 0.3 is 0 Å². The van der Waals surface area contributed by atoms with Gasteiger partial charge in [0.25, 0.3) is 0 Å². The highest BCUT2D eigenvalue weighted by Crippen LogP contribution is 2.09. The van der Waals surface area contributed by atoms with Gasteiger partial charge in [-0.3, -0.25) is 0 Å². The van der Waals surface area contributed by atoms with Crippen molar-refractivity contribution in [3.8, 4) is 5.75 Å². The standard InChI is InChI=1S/C11H15O2/c1-3-12-10(2)9-13-11-7-5-4-6-8-11/h3-8,10H,9H2,1-2H3. The maximum atomic E-state index is 5.48. The molecule has 0 saturated carbocycles. The van der Waals surface area contributed by atoms with E-state index in [1.165, 1.54) is 0 Å². The van der Waals surface area contributed by atoms with E-state index in [9.17, 15) is 0 Å². The van der Waals surface area contributed by atoms with Crippen LogP contribution >= 0.6 is 0 Å². The van der Waals surface area contributed by atoms with Crippen LogP contribution in [0.25, 0.3) is 0 Å². The van der Waals surface area contributed by atoms with Gasteiger partial charge in [0.15, 0.2) is 0 Å². The third kappa shape index (κ3) is 3.95. The summed E-state index contributed by atoms with van der Waals surface area (Å²) in [4.78, 5) is 0. The van der Waals surface area contributed by atoms with E-state index in [2.05, 4.69) is 0 Å². The Labute approximate surface area is 79.5 Å². The fourth-order valence-electron chi connectivity index (χ4n) is 1.00. The Balaban J connectivity index is 2.27. The molecule has 0 amide bonds. The average molecular weight is 179 g/mol. The summed E-state index contributed by atoms with van der Waals surface area (Å²) in [6.45, 7) is 6.09. The summed E-state index contributed by atoms with van der Waals surface area (Å²) >= 11 is 0. The Morgan fingerprint density at radius 3 is 2.62 bits per heavy atom. The van der Waals surface area contributed by atoms with E-state index in [0.717, 1.165) is 5.75 Å². The molecule has 13 heavy (non-hydrogen) atoms. The van der Waals surface area contributed by atoms with Crippen molar-refractivity contribution in [1.82, 2.24) is 0 Å². The zero-order valence-electron chi connectivity index (χ0n) is 8.07. The fourth-order valence-corrected chi connectivity index (χ4v) is 1.00. The second-order valence-corrected chi connectivity index (χ2v) is 2.81. The van der Waals surface area contributed by atoms with Gasteiger partial charge in [0.1, 0.15) is 12.4 Å². The van der Waals surface area contributed by atoms with Crippen molar-refractivity contribution in [1.29, 1.82) is 0 Å². The number of benzene rings is 1. The molecule has 1 atom stereocenters. The van der Waals surface area contributed by atoms with E-state index >= 15 is 0 Å². The first-order valence-corrected chi connectivity index (χ1v) is 4.44. The van der Waals surface area contributed by atoms with Gasteiger partial charge in [0.2, 0.25) is 0 Å². The molecule has 0 aliphatic rings. The molecule has 1 rings (SSSR count). The molecule has 71 valence electrons. The molecule has 1 radical (unpaired) electrons. The van der Waals surface area contributed by atoms with Crippen molar-refractivity contribution in [3.05, 3.63) is 36.9 Å². The molecule has 1 unspecified atom stereocenters. The van der Waals surface area contributed by atoms with Crippen molar-refractivity contribution in [2.45, 2.75) is 20.0 Å². The lowest BCUT2D eigenvalue weighted by atomic mass is 10.3. The number of rotatable bonds is 5. The summed E-state index contributed by atoms with van der Waals surface area (Å²) in [5, 5.41) is 0. The minimum atomic E-state index is 0.102. The summed E-state index contributed by atoms with van der Waals surface area (Å²) in [7, 11) is 0. The predicted molar refractivity (Wildman–Crippen MR) is 52.5 cm³/mol. The van der Waals surface area contributed by atoms with Crippen LogP contribution in [-0.2, 0) is 4.74 Å². The molecular weight excluding hydrogens is 164 g/mol. The summed E-state index contributed by atoms with van der Waals surface area (Å²) in [6, 6.07) is 9.73. The largest absolute Gasteiger partial charge is 0.491 e. The molecule has 1 aromatic rings. The predicted octanol–water partition coefficient (Wildman–Crippen LogP) is 2.65.